The summed E-state index contributed by atoms with van der Waals surface area (Å²) in [7, 11) is -1.72. The normalized spacial score (nSPS) is 23.7. The molecule has 3 heteroatoms. The van der Waals surface area contributed by atoms with Crippen molar-refractivity contribution in [1.82, 2.24) is 0 Å². The van der Waals surface area contributed by atoms with Gasteiger partial charge in [-0.25, -0.2) is 0 Å². The van der Waals surface area contributed by atoms with Gasteiger partial charge in [-0.15, -0.1) is 11.6 Å². The lowest BCUT2D eigenvalue weighted by Crippen LogP contribution is -2.52. The van der Waals surface area contributed by atoms with E-state index in [1.165, 1.54) is 64.2 Å². The van der Waals surface area contributed by atoms with Crippen LogP contribution in [0.15, 0.2) is 0 Å². The minimum Gasteiger partial charge on any atom is -0.415 e. The number of halogens is 1. The van der Waals surface area contributed by atoms with Gasteiger partial charge in [0.05, 0.1) is 0 Å². The van der Waals surface area contributed by atoms with Crippen LogP contribution in [0.5, 0.6) is 0 Å². The van der Waals surface area contributed by atoms with E-state index in [2.05, 4.69) is 6.92 Å². The van der Waals surface area contributed by atoms with Crippen LogP contribution in [-0.4, -0.2) is 20.4 Å². The molecular formula is C16H31ClOSi. The van der Waals surface area contributed by atoms with Crippen molar-refractivity contribution in [3.63, 3.8) is 0 Å². The lowest BCUT2D eigenvalue weighted by Gasteiger charge is -2.45. The molecule has 0 radical (unpaired) electrons. The van der Waals surface area contributed by atoms with Crippen LogP contribution in [-0.2, 0) is 4.43 Å². The first-order valence-corrected chi connectivity index (χ1v) is 11.3. The molecule has 0 saturated heterocycles. The summed E-state index contributed by atoms with van der Waals surface area (Å²) in [5, 5.41) is 0. The highest BCUT2D eigenvalue weighted by atomic mass is 35.5. The second kappa shape index (κ2) is 8.04. The van der Waals surface area contributed by atoms with E-state index < -0.39 is 8.32 Å². The van der Waals surface area contributed by atoms with Crippen molar-refractivity contribution in [3.8, 4) is 0 Å². The van der Waals surface area contributed by atoms with Crippen LogP contribution < -0.4 is 0 Å². The number of alkyl halides is 1. The Morgan fingerprint density at radius 3 is 1.74 bits per heavy atom. The molecule has 1 nitrogen and oxygen atoms in total. The first-order valence-electron chi connectivity index (χ1n) is 8.53. The zero-order valence-electron chi connectivity index (χ0n) is 12.6. The summed E-state index contributed by atoms with van der Waals surface area (Å²) >= 11 is 6.56. The van der Waals surface area contributed by atoms with E-state index in [0.29, 0.717) is 0 Å². The molecule has 19 heavy (non-hydrogen) atoms. The fourth-order valence-electron chi connectivity index (χ4n) is 4.30. The molecule has 0 N–H and O–H groups in total. The van der Waals surface area contributed by atoms with E-state index in [1.54, 1.807) is 0 Å². The molecule has 0 aromatic rings. The average Bonchev–Trinajstić information content (AvgIpc) is 2.51. The second-order valence-corrected chi connectivity index (χ2v) is 11.5. The molecule has 0 bridgehead atoms. The number of hydrogen-bond donors (Lipinski definition) is 0. The monoisotopic (exact) mass is 302 g/mol. The van der Waals surface area contributed by atoms with Crippen molar-refractivity contribution in [2.45, 2.75) is 88.6 Å². The Bertz CT molecular complexity index is 229. The summed E-state index contributed by atoms with van der Waals surface area (Å²) in [6, 6.07) is 0. The maximum atomic E-state index is 6.61. The predicted octanol–water partition coefficient (Wildman–Crippen LogP) is 5.81. The lowest BCUT2D eigenvalue weighted by atomic mass is 9.99. The average molecular weight is 303 g/mol. The largest absolute Gasteiger partial charge is 0.415 e. The van der Waals surface area contributed by atoms with E-state index in [1.807, 2.05) is 0 Å². The first-order chi connectivity index (χ1) is 9.33. The van der Waals surface area contributed by atoms with Gasteiger partial charge >= 0.3 is 0 Å². The summed E-state index contributed by atoms with van der Waals surface area (Å²) in [5.41, 5.74) is 2.56. The smallest absolute Gasteiger partial charge is 0.213 e. The molecule has 0 unspecified atom stereocenters. The van der Waals surface area contributed by atoms with E-state index in [4.69, 9.17) is 16.0 Å². The zero-order valence-corrected chi connectivity index (χ0v) is 14.4. The Kier molecular flexibility index (Phi) is 6.71. The van der Waals surface area contributed by atoms with E-state index >= 15 is 0 Å². The highest BCUT2D eigenvalue weighted by molar-refractivity contribution is 6.82. The summed E-state index contributed by atoms with van der Waals surface area (Å²) < 4.78 is 6.61. The van der Waals surface area contributed by atoms with Crippen LogP contribution >= 0.6 is 11.6 Å². The predicted molar refractivity (Wildman–Crippen MR) is 86.4 cm³/mol. The molecule has 112 valence electrons. The fraction of sp³-hybridized carbons (Fsp3) is 1.00. The molecule has 2 aliphatic carbocycles. The van der Waals surface area contributed by atoms with Gasteiger partial charge in [-0.1, -0.05) is 71.1 Å². The SMILES string of the molecule is CCCO[Si](CCl)(C1CCCCC1)C1CCCCC1. The van der Waals surface area contributed by atoms with Crippen molar-refractivity contribution in [2.75, 3.05) is 12.1 Å². The van der Waals surface area contributed by atoms with Crippen LogP contribution in [0.25, 0.3) is 0 Å². The standard InChI is InChI=1S/C16H31ClOSi/c1-2-13-18-19(14-17,15-9-5-3-6-10-15)16-11-7-4-8-12-16/h15-16H,2-14H2,1H3. The molecule has 0 amide bonds. The van der Waals surface area contributed by atoms with Gasteiger partial charge in [0, 0.05) is 12.1 Å². The van der Waals surface area contributed by atoms with Gasteiger partial charge < -0.3 is 4.43 Å². The van der Waals surface area contributed by atoms with Crippen LogP contribution in [0, 0.1) is 0 Å². The van der Waals surface area contributed by atoms with Crippen LogP contribution in [0.2, 0.25) is 11.1 Å². The Balaban J connectivity index is 2.12. The van der Waals surface area contributed by atoms with Gasteiger partial charge in [0.2, 0.25) is 8.32 Å². The molecule has 2 rings (SSSR count). The summed E-state index contributed by atoms with van der Waals surface area (Å²) in [6.07, 6.45) is 15.3. The third-order valence-corrected chi connectivity index (χ3v) is 11.7. The topological polar surface area (TPSA) is 9.23 Å². The summed E-state index contributed by atoms with van der Waals surface area (Å²) in [4.78, 5) is 0. The highest BCUT2D eigenvalue weighted by Crippen LogP contribution is 2.49. The summed E-state index contributed by atoms with van der Waals surface area (Å²) in [6.45, 7) is 3.18. The third-order valence-electron chi connectivity index (χ3n) is 5.38. The van der Waals surface area contributed by atoms with Crippen molar-refractivity contribution < 1.29 is 4.43 Å². The van der Waals surface area contributed by atoms with Crippen LogP contribution in [0.3, 0.4) is 0 Å². The van der Waals surface area contributed by atoms with Crippen molar-refractivity contribution in [2.24, 2.45) is 0 Å². The van der Waals surface area contributed by atoms with E-state index in [0.717, 1.165) is 29.6 Å². The second-order valence-electron chi connectivity index (χ2n) is 6.61. The zero-order chi connectivity index (χ0) is 13.6. The maximum absolute atomic E-state index is 6.61. The molecule has 0 aromatic carbocycles. The van der Waals surface area contributed by atoms with Gasteiger partial charge in [-0.05, 0) is 17.5 Å². The number of rotatable bonds is 6. The molecule has 2 fully saturated rings. The van der Waals surface area contributed by atoms with Gasteiger partial charge in [-0.2, -0.15) is 0 Å². The van der Waals surface area contributed by atoms with Crippen molar-refractivity contribution in [3.05, 3.63) is 0 Å². The van der Waals surface area contributed by atoms with Gasteiger partial charge in [0.25, 0.3) is 0 Å². The molecule has 2 saturated carbocycles. The molecular weight excluding hydrogens is 272 g/mol. The molecule has 0 aromatic heterocycles. The lowest BCUT2D eigenvalue weighted by molar-refractivity contribution is 0.261. The van der Waals surface area contributed by atoms with E-state index in [-0.39, 0.29) is 0 Å². The quantitative estimate of drug-likeness (QED) is 0.445. The minimum absolute atomic E-state index is 0.850. The molecule has 0 spiro atoms. The van der Waals surface area contributed by atoms with Crippen molar-refractivity contribution >= 4 is 19.9 Å². The van der Waals surface area contributed by atoms with Gasteiger partial charge in [-0.3, -0.25) is 0 Å². The molecule has 2 aliphatic rings. The minimum atomic E-state index is -1.72. The highest BCUT2D eigenvalue weighted by Gasteiger charge is 2.49. The van der Waals surface area contributed by atoms with Crippen LogP contribution in [0.4, 0.5) is 0 Å². The Hall–Kier alpha value is 0.467. The first kappa shape index (κ1) is 15.8. The summed E-state index contributed by atoms with van der Waals surface area (Å²) in [5.74, 6) is 0. The van der Waals surface area contributed by atoms with E-state index in [9.17, 15) is 0 Å². The maximum Gasteiger partial charge on any atom is 0.213 e. The van der Waals surface area contributed by atoms with Gasteiger partial charge in [0.15, 0.2) is 0 Å². The fourth-order valence-corrected chi connectivity index (χ4v) is 10.8. The third kappa shape index (κ3) is 3.77. The number of hydrogen-bond acceptors (Lipinski definition) is 1. The van der Waals surface area contributed by atoms with Crippen molar-refractivity contribution in [1.29, 1.82) is 0 Å². The Labute approximate surface area is 125 Å². The molecule has 0 heterocycles. The molecule has 0 aliphatic heterocycles. The van der Waals surface area contributed by atoms with Crippen LogP contribution in [0.1, 0.15) is 77.6 Å². The Morgan fingerprint density at radius 2 is 1.37 bits per heavy atom. The Morgan fingerprint density at radius 1 is 0.895 bits per heavy atom. The molecule has 0 atom stereocenters. The van der Waals surface area contributed by atoms with Gasteiger partial charge in [0.1, 0.15) is 0 Å².